The predicted octanol–water partition coefficient (Wildman–Crippen LogP) is -2.15. The molecule has 13 nitrogen and oxygen atoms in total. The van der Waals surface area contributed by atoms with Gasteiger partial charge in [-0.2, -0.15) is 4.57 Å². The third-order valence-corrected chi connectivity index (χ3v) is 4.09. The van der Waals surface area contributed by atoms with Gasteiger partial charge in [-0.3, -0.25) is 19.6 Å². The fraction of sp³-hybridized carbons (Fsp3) is 0. The molecular weight excluding hydrogens is 375 g/mol. The minimum atomic E-state index is -3.68. The van der Waals surface area contributed by atoms with Crippen molar-refractivity contribution >= 4 is 25.2 Å². The number of aromatic amines is 2. The minimum Gasteiger partial charge on any atom is -0.572 e. The largest absolute Gasteiger partial charge is 0.572 e. The third kappa shape index (κ3) is 2.39. The Hall–Kier alpha value is -3.70. The first-order valence-electron chi connectivity index (χ1n) is 6.58. The van der Waals surface area contributed by atoms with Crippen molar-refractivity contribution in [3.63, 3.8) is 0 Å². The highest BCUT2D eigenvalue weighted by Gasteiger charge is 2.27. The van der Waals surface area contributed by atoms with E-state index in [9.17, 15) is 44.0 Å². The van der Waals surface area contributed by atoms with Crippen LogP contribution in [0.5, 0.6) is 17.2 Å². The van der Waals surface area contributed by atoms with E-state index in [1.54, 1.807) is 0 Å². The van der Waals surface area contributed by atoms with Gasteiger partial charge in [0, 0.05) is 5.56 Å². The molecular formula is C12H7N4O9P. The molecule has 26 heavy (non-hydrogen) atoms. The summed E-state index contributed by atoms with van der Waals surface area (Å²) in [5.41, 5.74) is -5.86. The number of nitrogens with zero attached hydrogens (tertiary/aromatic N) is 2. The Bertz CT molecular complexity index is 1260. The fourth-order valence-corrected chi connectivity index (χ4v) is 2.81. The van der Waals surface area contributed by atoms with Gasteiger partial charge in [-0.1, -0.05) is 4.34 Å². The van der Waals surface area contributed by atoms with Crippen molar-refractivity contribution in [2.24, 2.45) is 0 Å². The quantitative estimate of drug-likeness (QED) is 0.241. The van der Waals surface area contributed by atoms with Crippen LogP contribution in [0.25, 0.3) is 11.2 Å². The zero-order chi connectivity index (χ0) is 19.3. The summed E-state index contributed by atoms with van der Waals surface area (Å²) in [6.45, 7) is 0. The zero-order valence-corrected chi connectivity index (χ0v) is 13.2. The maximum Gasteiger partial charge on any atom is 0.451 e. The second-order valence-corrected chi connectivity index (χ2v) is 5.82. The molecule has 0 bridgehead atoms. The second kappa shape index (κ2) is 5.68. The van der Waals surface area contributed by atoms with E-state index in [4.69, 9.17) is 0 Å². The van der Waals surface area contributed by atoms with Gasteiger partial charge in [0.2, 0.25) is 0 Å². The molecule has 1 atom stereocenters. The fourth-order valence-electron chi connectivity index (χ4n) is 2.26. The summed E-state index contributed by atoms with van der Waals surface area (Å²) in [5.74, 6) is -4.21. The predicted molar refractivity (Wildman–Crippen MR) is 81.6 cm³/mol. The molecule has 14 heteroatoms. The molecule has 0 aliphatic rings. The summed E-state index contributed by atoms with van der Waals surface area (Å²) >= 11 is 0. The molecule has 2 heterocycles. The molecule has 0 aliphatic heterocycles. The van der Waals surface area contributed by atoms with Gasteiger partial charge < -0.3 is 20.2 Å². The smallest absolute Gasteiger partial charge is 0.451 e. The van der Waals surface area contributed by atoms with Crippen LogP contribution in [0.3, 0.4) is 0 Å². The number of phenols is 3. The van der Waals surface area contributed by atoms with E-state index in [0.29, 0.717) is 12.1 Å². The van der Waals surface area contributed by atoms with Gasteiger partial charge in [-0.25, -0.2) is 9.59 Å². The number of H-pyrrole nitrogens is 2. The van der Waals surface area contributed by atoms with Crippen LogP contribution in [0.2, 0.25) is 0 Å². The molecule has 1 unspecified atom stereocenters. The van der Waals surface area contributed by atoms with Crippen LogP contribution in [-0.4, -0.2) is 40.1 Å². The van der Waals surface area contributed by atoms with Crippen LogP contribution < -0.4 is 21.8 Å². The lowest BCUT2D eigenvalue weighted by Crippen LogP contribution is -2.43. The van der Waals surface area contributed by atoms with Gasteiger partial charge in [0.15, 0.2) is 28.4 Å². The summed E-state index contributed by atoms with van der Waals surface area (Å²) in [6.07, 6.45) is 0. The molecule has 0 amide bonds. The maximum absolute atomic E-state index is 12.5. The number of aromatic nitrogens is 4. The molecule has 0 saturated carbocycles. The Kier molecular flexibility index (Phi) is 3.75. The van der Waals surface area contributed by atoms with E-state index >= 15 is 0 Å². The van der Waals surface area contributed by atoms with Gasteiger partial charge in [0.05, 0.1) is 0 Å². The molecule has 0 fully saturated rings. The Morgan fingerprint density at radius 2 is 1.65 bits per heavy atom. The Labute approximate surface area is 140 Å². The lowest BCUT2D eigenvalue weighted by Gasteiger charge is -2.07. The van der Waals surface area contributed by atoms with Crippen LogP contribution in [-0.2, 0) is 4.57 Å². The molecule has 134 valence electrons. The topological polar surface area (TPSA) is 211 Å². The molecule has 0 aliphatic carbocycles. The highest BCUT2D eigenvalue weighted by molar-refractivity contribution is 7.34. The average molecular weight is 382 g/mol. The monoisotopic (exact) mass is 382 g/mol. The number of hydrogen-bond acceptors (Lipinski definition) is 9. The first-order valence-corrected chi connectivity index (χ1v) is 7.71. The van der Waals surface area contributed by atoms with Gasteiger partial charge in [0.25, 0.3) is 11.5 Å². The highest BCUT2D eigenvalue weighted by atomic mass is 31.1. The van der Waals surface area contributed by atoms with Gasteiger partial charge in [-0.05, 0) is 16.7 Å². The number of nitrogens with one attached hydrogen (secondary N) is 2. The van der Waals surface area contributed by atoms with Crippen LogP contribution in [0, 0.1) is 0 Å². The normalized spacial score (nSPS) is 11.7. The lowest BCUT2D eigenvalue weighted by molar-refractivity contribution is -0.166. The van der Waals surface area contributed by atoms with Gasteiger partial charge in [0.1, 0.15) is 0 Å². The van der Waals surface area contributed by atoms with Gasteiger partial charge >= 0.3 is 19.6 Å². The van der Waals surface area contributed by atoms with Crippen LogP contribution in [0.15, 0.2) is 26.5 Å². The van der Waals surface area contributed by atoms with Gasteiger partial charge in [-0.15, -0.1) is 0 Å². The molecule has 0 saturated heterocycles. The molecule has 3 aromatic rings. The number of rotatable bonds is 2. The summed E-state index contributed by atoms with van der Waals surface area (Å²) in [7, 11) is -3.68. The molecule has 2 aromatic heterocycles. The van der Waals surface area contributed by atoms with E-state index in [1.165, 1.54) is 0 Å². The number of hydrogen-bond donors (Lipinski definition) is 5. The summed E-state index contributed by atoms with van der Waals surface area (Å²) in [4.78, 5) is 63.8. The highest BCUT2D eigenvalue weighted by Crippen LogP contribution is 2.35. The summed E-state index contributed by atoms with van der Waals surface area (Å²) in [5, 5.41) is 28.2. The van der Waals surface area contributed by atoms with Crippen LogP contribution in [0.1, 0.15) is 10.4 Å². The Morgan fingerprint density at radius 3 is 2.19 bits per heavy atom. The standard InChI is InChI=1S/C12H7N4O9P/c17-4-1-3(2-5(18)7(4)19)9(20)15-10(21)6-8(14-11(22)13-6)16(12(15)23)26(24)25/h1-2,17-19H,(H2,13,14,22). The van der Waals surface area contributed by atoms with Crippen molar-refractivity contribution in [2.45, 2.75) is 0 Å². The Morgan fingerprint density at radius 1 is 1.08 bits per heavy atom. The summed E-state index contributed by atoms with van der Waals surface area (Å²) in [6, 6.07) is 1.30. The first-order chi connectivity index (χ1) is 12.1. The van der Waals surface area contributed by atoms with E-state index < -0.39 is 65.0 Å². The van der Waals surface area contributed by atoms with Crippen LogP contribution in [0.4, 0.5) is 0 Å². The zero-order valence-electron chi connectivity index (χ0n) is 12.3. The molecule has 1 aromatic carbocycles. The third-order valence-electron chi connectivity index (χ3n) is 3.39. The lowest BCUT2D eigenvalue weighted by atomic mass is 10.1. The van der Waals surface area contributed by atoms with E-state index in [2.05, 4.69) is 0 Å². The molecule has 0 spiro atoms. The maximum atomic E-state index is 12.5. The first kappa shape index (κ1) is 17.1. The number of fused-ring (bicyclic) bond motifs is 1. The number of imidazole rings is 1. The molecule has 5 N–H and O–H groups in total. The van der Waals surface area contributed by atoms with Crippen molar-refractivity contribution in [3.05, 3.63) is 49.0 Å². The van der Waals surface area contributed by atoms with Crippen molar-refractivity contribution in [1.29, 1.82) is 0 Å². The Balaban J connectivity index is 2.41. The van der Waals surface area contributed by atoms with Crippen molar-refractivity contribution in [1.82, 2.24) is 18.9 Å². The number of carbonyl (C=O) groups is 1. The van der Waals surface area contributed by atoms with Crippen LogP contribution >= 0.6 is 8.18 Å². The molecule has 0 radical (unpaired) electrons. The SMILES string of the molecule is O=C(c1cc(O)c(O)c(O)c1)n1c(=O)c2[nH]c(=O)[nH]c2n([P+](=O)[O-])c1=O. The average Bonchev–Trinajstić information content (AvgIpc) is 2.93. The molecule has 3 rings (SSSR count). The number of phenolic OH excluding ortho intramolecular Hbond substituents is 3. The number of carbonyl (C=O) groups excluding carboxylic acids is 1. The summed E-state index contributed by atoms with van der Waals surface area (Å²) < 4.78 is 11.2. The van der Waals surface area contributed by atoms with Crippen molar-refractivity contribution in [3.8, 4) is 17.2 Å². The van der Waals surface area contributed by atoms with E-state index in [1.807, 2.05) is 9.97 Å². The minimum absolute atomic E-state index is 0.00198. The van der Waals surface area contributed by atoms with E-state index in [0.717, 1.165) is 0 Å². The van der Waals surface area contributed by atoms with Crippen molar-refractivity contribution in [2.75, 3.05) is 0 Å². The van der Waals surface area contributed by atoms with E-state index in [-0.39, 0.29) is 8.90 Å². The van der Waals surface area contributed by atoms with Crippen molar-refractivity contribution < 1.29 is 29.6 Å². The number of aromatic hydroxyl groups is 3. The second-order valence-electron chi connectivity index (χ2n) is 4.94. The number of benzene rings is 1.